The molecule has 3 rings (SSSR count). The summed E-state index contributed by atoms with van der Waals surface area (Å²) in [5.41, 5.74) is 1.72. The predicted octanol–water partition coefficient (Wildman–Crippen LogP) is -0.0946. The topological polar surface area (TPSA) is 63.1 Å². The normalized spacial score (nSPS) is 18.0. The number of hydrogen-bond donors (Lipinski definition) is 2. The molecule has 0 atom stereocenters. The minimum Gasteiger partial charge on any atom is -0.482 e. The zero-order chi connectivity index (χ0) is 16.9. The molecule has 2 aliphatic heterocycles. The zero-order valence-corrected chi connectivity index (χ0v) is 14.3. The highest BCUT2D eigenvalue weighted by Crippen LogP contribution is 2.32. The second-order valence-corrected chi connectivity index (χ2v) is 6.65. The van der Waals surface area contributed by atoms with Gasteiger partial charge in [-0.05, 0) is 43.9 Å². The number of anilines is 1. The van der Waals surface area contributed by atoms with Crippen LogP contribution in [0.4, 0.5) is 5.69 Å². The highest BCUT2D eigenvalue weighted by molar-refractivity contribution is 6.02. The SMILES string of the molecule is Cc1ccc2c(c1)N(CC(=O)NCC[NH+]1CCCCC1)C(=O)CO2. The monoisotopic (exact) mass is 332 g/mol. The van der Waals surface area contributed by atoms with Gasteiger partial charge in [0, 0.05) is 0 Å². The Labute approximate surface area is 142 Å². The van der Waals surface area contributed by atoms with Gasteiger partial charge in [-0.15, -0.1) is 0 Å². The van der Waals surface area contributed by atoms with E-state index >= 15 is 0 Å². The number of nitrogens with one attached hydrogen (secondary N) is 2. The standard InChI is InChI=1S/C18H25N3O3/c1-14-5-6-16-15(11-14)21(18(23)13-24-16)12-17(22)19-7-10-20-8-3-2-4-9-20/h5-6,11H,2-4,7-10,12-13H2,1H3,(H,19,22)/p+1. The van der Waals surface area contributed by atoms with E-state index in [9.17, 15) is 9.59 Å². The second-order valence-electron chi connectivity index (χ2n) is 6.65. The molecule has 24 heavy (non-hydrogen) atoms. The third kappa shape index (κ3) is 4.06. The maximum atomic E-state index is 12.2. The first kappa shape index (κ1) is 16.8. The van der Waals surface area contributed by atoms with Crippen LogP contribution in [-0.2, 0) is 9.59 Å². The zero-order valence-electron chi connectivity index (χ0n) is 14.3. The number of carbonyl (C=O) groups excluding carboxylic acids is 2. The smallest absolute Gasteiger partial charge is 0.265 e. The van der Waals surface area contributed by atoms with Crippen molar-refractivity contribution in [3.05, 3.63) is 23.8 Å². The Morgan fingerprint density at radius 3 is 2.88 bits per heavy atom. The fourth-order valence-corrected chi connectivity index (χ4v) is 3.37. The molecule has 0 aromatic heterocycles. The second kappa shape index (κ2) is 7.66. The highest BCUT2D eigenvalue weighted by atomic mass is 16.5. The van der Waals surface area contributed by atoms with Crippen LogP contribution in [0, 0.1) is 6.92 Å². The Morgan fingerprint density at radius 1 is 1.29 bits per heavy atom. The summed E-state index contributed by atoms with van der Waals surface area (Å²) < 4.78 is 5.44. The van der Waals surface area contributed by atoms with E-state index in [4.69, 9.17) is 4.74 Å². The molecule has 0 unspecified atom stereocenters. The number of amides is 2. The molecule has 1 aromatic rings. The molecule has 0 spiro atoms. The lowest BCUT2D eigenvalue weighted by Crippen LogP contribution is -3.13. The lowest BCUT2D eigenvalue weighted by molar-refractivity contribution is -0.903. The van der Waals surface area contributed by atoms with Gasteiger partial charge in [0.05, 0.1) is 31.9 Å². The van der Waals surface area contributed by atoms with E-state index in [1.54, 1.807) is 4.90 Å². The lowest BCUT2D eigenvalue weighted by Gasteiger charge is -2.29. The lowest BCUT2D eigenvalue weighted by atomic mass is 10.1. The van der Waals surface area contributed by atoms with Gasteiger partial charge in [-0.2, -0.15) is 0 Å². The number of hydrogen-bond acceptors (Lipinski definition) is 3. The molecule has 6 nitrogen and oxygen atoms in total. The van der Waals surface area contributed by atoms with E-state index in [1.807, 2.05) is 25.1 Å². The number of rotatable bonds is 5. The number of carbonyl (C=O) groups is 2. The Hall–Kier alpha value is -2.08. The number of fused-ring (bicyclic) bond motifs is 1. The summed E-state index contributed by atoms with van der Waals surface area (Å²) >= 11 is 0. The van der Waals surface area contributed by atoms with Gasteiger partial charge in [0.25, 0.3) is 5.91 Å². The molecule has 0 radical (unpaired) electrons. The summed E-state index contributed by atoms with van der Waals surface area (Å²) in [7, 11) is 0. The quantitative estimate of drug-likeness (QED) is 0.792. The number of piperidine rings is 1. The third-order valence-electron chi connectivity index (χ3n) is 4.72. The van der Waals surface area contributed by atoms with Crippen molar-refractivity contribution in [2.24, 2.45) is 0 Å². The van der Waals surface area contributed by atoms with Crippen molar-refractivity contribution in [1.29, 1.82) is 0 Å². The summed E-state index contributed by atoms with van der Waals surface area (Å²) in [6.07, 6.45) is 3.89. The molecule has 0 saturated carbocycles. The first-order valence-corrected chi connectivity index (χ1v) is 8.77. The van der Waals surface area contributed by atoms with E-state index in [0.29, 0.717) is 18.0 Å². The molecule has 0 bridgehead atoms. The molecule has 0 aliphatic carbocycles. The van der Waals surface area contributed by atoms with Crippen LogP contribution < -0.4 is 19.9 Å². The molecule has 6 heteroatoms. The van der Waals surface area contributed by atoms with Crippen LogP contribution in [0.15, 0.2) is 18.2 Å². The predicted molar refractivity (Wildman–Crippen MR) is 91.5 cm³/mol. The molecule has 1 saturated heterocycles. The molecule has 2 amide bonds. The molecule has 2 N–H and O–H groups in total. The maximum Gasteiger partial charge on any atom is 0.265 e. The van der Waals surface area contributed by atoms with E-state index in [0.717, 1.165) is 12.1 Å². The van der Waals surface area contributed by atoms with Crippen LogP contribution in [-0.4, -0.2) is 51.1 Å². The fourth-order valence-electron chi connectivity index (χ4n) is 3.37. The van der Waals surface area contributed by atoms with E-state index in [1.165, 1.54) is 37.3 Å². The first-order valence-electron chi connectivity index (χ1n) is 8.77. The van der Waals surface area contributed by atoms with Gasteiger partial charge in [-0.3, -0.25) is 14.5 Å². The maximum absolute atomic E-state index is 12.2. The van der Waals surface area contributed by atoms with Gasteiger partial charge in [0.2, 0.25) is 5.91 Å². The fraction of sp³-hybridized carbons (Fsp3) is 0.556. The average Bonchev–Trinajstić information content (AvgIpc) is 2.58. The van der Waals surface area contributed by atoms with Crippen molar-refractivity contribution in [1.82, 2.24) is 5.32 Å². The average molecular weight is 332 g/mol. The minimum atomic E-state index is -0.176. The van der Waals surface area contributed by atoms with Gasteiger partial charge < -0.3 is 15.0 Å². The first-order chi connectivity index (χ1) is 11.6. The number of aryl methyl sites for hydroxylation is 1. The minimum absolute atomic E-state index is 0.0126. The van der Waals surface area contributed by atoms with Crippen molar-refractivity contribution >= 4 is 17.5 Å². The summed E-state index contributed by atoms with van der Waals surface area (Å²) in [5.74, 6) is 0.366. The Morgan fingerprint density at radius 2 is 2.08 bits per heavy atom. The van der Waals surface area contributed by atoms with Crippen LogP contribution in [0.25, 0.3) is 0 Å². The number of likely N-dealkylation sites (tertiary alicyclic amines) is 1. The summed E-state index contributed by atoms with van der Waals surface area (Å²) in [4.78, 5) is 27.5. The van der Waals surface area contributed by atoms with Gasteiger partial charge in [0.15, 0.2) is 6.61 Å². The Balaban J connectivity index is 1.54. The van der Waals surface area contributed by atoms with E-state index < -0.39 is 0 Å². The van der Waals surface area contributed by atoms with Crippen molar-refractivity contribution < 1.29 is 19.2 Å². The van der Waals surface area contributed by atoms with E-state index in [-0.39, 0.29) is 25.0 Å². The molecule has 1 aromatic carbocycles. The molecular weight excluding hydrogens is 306 g/mol. The van der Waals surface area contributed by atoms with Gasteiger partial charge in [-0.25, -0.2) is 0 Å². The van der Waals surface area contributed by atoms with Crippen LogP contribution >= 0.6 is 0 Å². The van der Waals surface area contributed by atoms with Crippen molar-refractivity contribution in [3.63, 3.8) is 0 Å². The Bertz CT molecular complexity index is 612. The number of ether oxygens (including phenoxy) is 1. The summed E-state index contributed by atoms with van der Waals surface area (Å²) in [5, 5.41) is 2.95. The van der Waals surface area contributed by atoms with Crippen LogP contribution in [0.5, 0.6) is 5.75 Å². The molecule has 1 fully saturated rings. The number of nitrogens with zero attached hydrogens (tertiary/aromatic N) is 1. The van der Waals surface area contributed by atoms with Crippen LogP contribution in [0.2, 0.25) is 0 Å². The van der Waals surface area contributed by atoms with Gasteiger partial charge in [-0.1, -0.05) is 6.07 Å². The van der Waals surface area contributed by atoms with Crippen molar-refractivity contribution in [2.75, 3.05) is 44.2 Å². The number of quaternary nitrogens is 1. The largest absolute Gasteiger partial charge is 0.482 e. The van der Waals surface area contributed by atoms with Gasteiger partial charge in [0.1, 0.15) is 12.3 Å². The van der Waals surface area contributed by atoms with Crippen molar-refractivity contribution in [3.8, 4) is 5.75 Å². The van der Waals surface area contributed by atoms with Gasteiger partial charge >= 0.3 is 0 Å². The van der Waals surface area contributed by atoms with Crippen LogP contribution in [0.1, 0.15) is 24.8 Å². The molecule has 2 aliphatic rings. The van der Waals surface area contributed by atoms with Crippen LogP contribution in [0.3, 0.4) is 0 Å². The molecule has 2 heterocycles. The molecular formula is C18H26N3O3+. The summed E-state index contributed by atoms with van der Waals surface area (Å²) in [6.45, 7) is 6.01. The number of benzene rings is 1. The third-order valence-corrected chi connectivity index (χ3v) is 4.72. The Kier molecular flexibility index (Phi) is 5.35. The summed E-state index contributed by atoms with van der Waals surface area (Å²) in [6, 6.07) is 5.67. The van der Waals surface area contributed by atoms with Crippen molar-refractivity contribution in [2.45, 2.75) is 26.2 Å². The molecule has 130 valence electrons. The highest BCUT2D eigenvalue weighted by Gasteiger charge is 2.27. The van der Waals surface area contributed by atoms with E-state index in [2.05, 4.69) is 5.32 Å².